The molecule has 24 heavy (non-hydrogen) atoms. The molecule has 2 N–H and O–H groups in total. The first kappa shape index (κ1) is 15.1. The van der Waals surface area contributed by atoms with Crippen LogP contribution in [0.1, 0.15) is 0 Å². The maximum Gasteiger partial charge on any atom is 0.180 e. The fourth-order valence-corrected chi connectivity index (χ4v) is 3.35. The zero-order valence-corrected chi connectivity index (χ0v) is 14.3. The van der Waals surface area contributed by atoms with Crippen LogP contribution in [-0.2, 0) is 0 Å². The number of benzene rings is 2. The number of thiazole rings is 1. The van der Waals surface area contributed by atoms with Crippen LogP contribution < -0.4 is 10.5 Å². The van der Waals surface area contributed by atoms with Crippen LogP contribution in [0.25, 0.3) is 33.6 Å². The molecule has 4 nitrogen and oxygen atoms in total. The Bertz CT molecular complexity index is 1020. The fourth-order valence-electron chi connectivity index (χ4n) is 2.68. The predicted octanol–water partition coefficient (Wildman–Crippen LogP) is 5.47. The lowest BCUT2D eigenvalue weighted by atomic mass is 10.0. The summed E-state index contributed by atoms with van der Waals surface area (Å²) in [6, 6.07) is 13.4. The number of halogens is 1. The van der Waals surface area contributed by atoms with Crippen molar-refractivity contribution in [1.82, 2.24) is 4.98 Å². The van der Waals surface area contributed by atoms with E-state index in [0.29, 0.717) is 15.9 Å². The van der Waals surface area contributed by atoms with E-state index in [9.17, 15) is 0 Å². The number of furan rings is 1. The van der Waals surface area contributed by atoms with Gasteiger partial charge in [0.25, 0.3) is 0 Å². The second-order valence-corrected chi connectivity index (χ2v) is 6.57. The molecule has 0 bridgehead atoms. The van der Waals surface area contributed by atoms with Gasteiger partial charge in [0.2, 0.25) is 0 Å². The normalized spacial score (nSPS) is 11.1. The molecule has 2 heterocycles. The van der Waals surface area contributed by atoms with Gasteiger partial charge < -0.3 is 14.9 Å². The van der Waals surface area contributed by atoms with E-state index in [2.05, 4.69) is 4.98 Å². The van der Waals surface area contributed by atoms with E-state index in [-0.39, 0.29) is 0 Å². The van der Waals surface area contributed by atoms with Crippen molar-refractivity contribution in [1.29, 1.82) is 0 Å². The van der Waals surface area contributed by atoms with Crippen LogP contribution in [-0.4, -0.2) is 12.1 Å². The second-order valence-electron chi connectivity index (χ2n) is 5.25. The first-order valence-corrected chi connectivity index (χ1v) is 8.49. The van der Waals surface area contributed by atoms with Crippen LogP contribution >= 0.6 is 22.9 Å². The van der Waals surface area contributed by atoms with Gasteiger partial charge in [0.05, 0.1) is 7.11 Å². The zero-order chi connectivity index (χ0) is 16.7. The van der Waals surface area contributed by atoms with E-state index in [1.54, 1.807) is 7.11 Å². The number of nitrogens with zero attached hydrogens (tertiary/aromatic N) is 1. The highest BCUT2D eigenvalue weighted by atomic mass is 35.5. The lowest BCUT2D eigenvalue weighted by Crippen LogP contribution is -1.85. The Balaban J connectivity index is 2.03. The molecule has 0 aliphatic rings. The van der Waals surface area contributed by atoms with E-state index in [1.165, 1.54) is 11.3 Å². The lowest BCUT2D eigenvalue weighted by molar-refractivity contribution is 0.415. The van der Waals surface area contributed by atoms with Crippen molar-refractivity contribution in [3.05, 3.63) is 52.9 Å². The van der Waals surface area contributed by atoms with Crippen molar-refractivity contribution in [2.45, 2.75) is 0 Å². The molecule has 0 spiro atoms. The summed E-state index contributed by atoms with van der Waals surface area (Å²) >= 11 is 7.41. The SMILES string of the molecule is COc1ccc2oc(-c3csc(N)n3)c(-c3ccc(Cl)cc3)c2c1. The third kappa shape index (κ3) is 2.52. The molecule has 0 fully saturated rings. The summed E-state index contributed by atoms with van der Waals surface area (Å²) in [7, 11) is 1.64. The van der Waals surface area contributed by atoms with Crippen molar-refractivity contribution in [3.8, 4) is 28.3 Å². The van der Waals surface area contributed by atoms with Crippen molar-refractivity contribution < 1.29 is 9.15 Å². The molecule has 0 aliphatic heterocycles. The first-order chi connectivity index (χ1) is 11.7. The summed E-state index contributed by atoms with van der Waals surface area (Å²) in [6.07, 6.45) is 0. The number of fused-ring (bicyclic) bond motifs is 1. The summed E-state index contributed by atoms with van der Waals surface area (Å²) in [4.78, 5) is 4.37. The van der Waals surface area contributed by atoms with Gasteiger partial charge in [0.15, 0.2) is 10.9 Å². The number of rotatable bonds is 3. The topological polar surface area (TPSA) is 61.3 Å². The van der Waals surface area contributed by atoms with Crippen molar-refractivity contribution in [2.75, 3.05) is 12.8 Å². The van der Waals surface area contributed by atoms with Gasteiger partial charge in [-0.15, -0.1) is 11.3 Å². The molecule has 0 aliphatic carbocycles. The maximum atomic E-state index is 6.08. The van der Waals surface area contributed by atoms with Gasteiger partial charge in [-0.25, -0.2) is 4.98 Å². The number of aromatic nitrogens is 1. The first-order valence-electron chi connectivity index (χ1n) is 7.23. The number of hydrogen-bond acceptors (Lipinski definition) is 5. The summed E-state index contributed by atoms with van der Waals surface area (Å²) in [6.45, 7) is 0. The van der Waals surface area contributed by atoms with Crippen molar-refractivity contribution >= 4 is 39.0 Å². The summed E-state index contributed by atoms with van der Waals surface area (Å²) in [5.41, 5.74) is 9.22. The zero-order valence-electron chi connectivity index (χ0n) is 12.7. The van der Waals surface area contributed by atoms with E-state index in [1.807, 2.05) is 47.8 Å². The molecule has 6 heteroatoms. The number of methoxy groups -OCH3 is 1. The Hall–Kier alpha value is -2.50. The fraction of sp³-hybridized carbons (Fsp3) is 0.0556. The van der Waals surface area contributed by atoms with Crippen molar-refractivity contribution in [3.63, 3.8) is 0 Å². The number of ether oxygens (including phenoxy) is 1. The van der Waals surface area contributed by atoms with E-state index in [0.717, 1.165) is 33.5 Å². The van der Waals surface area contributed by atoms with E-state index < -0.39 is 0 Å². The number of anilines is 1. The van der Waals surface area contributed by atoms with Crippen LogP contribution in [0.3, 0.4) is 0 Å². The van der Waals surface area contributed by atoms with Crippen molar-refractivity contribution in [2.24, 2.45) is 0 Å². The van der Waals surface area contributed by atoms with Crippen LogP contribution in [0.4, 0.5) is 5.13 Å². The molecule has 0 saturated heterocycles. The van der Waals surface area contributed by atoms with Crippen LogP contribution in [0, 0.1) is 0 Å². The smallest absolute Gasteiger partial charge is 0.180 e. The monoisotopic (exact) mass is 356 g/mol. The highest BCUT2D eigenvalue weighted by Crippen LogP contribution is 2.42. The minimum atomic E-state index is 0.505. The van der Waals surface area contributed by atoms with Crippen LogP contribution in [0.5, 0.6) is 5.75 Å². The summed E-state index contributed by atoms with van der Waals surface area (Å²) in [5.74, 6) is 1.45. The molecule has 2 aromatic heterocycles. The molecule has 0 unspecified atom stereocenters. The maximum absolute atomic E-state index is 6.08. The standard InChI is InChI=1S/C18H13ClN2O2S/c1-22-12-6-7-15-13(8-12)16(10-2-4-11(19)5-3-10)17(23-15)14-9-24-18(20)21-14/h2-9H,1H3,(H2,20,21). The predicted molar refractivity (Wildman–Crippen MR) is 98.7 cm³/mol. The van der Waals surface area contributed by atoms with Gasteiger partial charge in [-0.2, -0.15) is 0 Å². The Morgan fingerprint density at radius 3 is 2.62 bits per heavy atom. The number of nitrogen functional groups attached to an aromatic ring is 1. The third-order valence-electron chi connectivity index (χ3n) is 3.78. The van der Waals surface area contributed by atoms with Gasteiger partial charge in [-0.3, -0.25) is 0 Å². The van der Waals surface area contributed by atoms with Gasteiger partial charge >= 0.3 is 0 Å². The third-order valence-corrected chi connectivity index (χ3v) is 4.71. The molecule has 0 atom stereocenters. The van der Waals surface area contributed by atoms with Gasteiger partial charge in [-0.1, -0.05) is 23.7 Å². The van der Waals surface area contributed by atoms with E-state index >= 15 is 0 Å². The Labute approximate surface area is 147 Å². The molecule has 2 aromatic carbocycles. The van der Waals surface area contributed by atoms with Gasteiger partial charge in [0, 0.05) is 21.4 Å². The Morgan fingerprint density at radius 1 is 1.17 bits per heavy atom. The van der Waals surface area contributed by atoms with Gasteiger partial charge in [-0.05, 0) is 35.9 Å². The highest BCUT2D eigenvalue weighted by molar-refractivity contribution is 7.13. The van der Waals surface area contributed by atoms with Gasteiger partial charge in [0.1, 0.15) is 17.0 Å². The molecule has 0 saturated carbocycles. The molecule has 4 aromatic rings. The molecule has 0 amide bonds. The summed E-state index contributed by atoms with van der Waals surface area (Å²) < 4.78 is 11.4. The van der Waals surface area contributed by atoms with Crippen LogP contribution in [0.15, 0.2) is 52.3 Å². The number of nitrogens with two attached hydrogens (primary N) is 1. The average molecular weight is 357 g/mol. The van der Waals surface area contributed by atoms with E-state index in [4.69, 9.17) is 26.5 Å². The largest absolute Gasteiger partial charge is 0.497 e. The molecule has 4 rings (SSSR count). The summed E-state index contributed by atoms with van der Waals surface area (Å²) in [5, 5.41) is 4.04. The minimum absolute atomic E-state index is 0.505. The molecule has 0 radical (unpaired) electrons. The second kappa shape index (κ2) is 5.85. The highest BCUT2D eigenvalue weighted by Gasteiger charge is 2.20. The minimum Gasteiger partial charge on any atom is -0.497 e. The quantitative estimate of drug-likeness (QED) is 0.529. The Morgan fingerprint density at radius 2 is 1.96 bits per heavy atom. The lowest BCUT2D eigenvalue weighted by Gasteiger charge is -2.03. The average Bonchev–Trinajstić information content (AvgIpc) is 3.18. The number of hydrogen-bond donors (Lipinski definition) is 1. The molecular formula is C18H13ClN2O2S. The Kier molecular flexibility index (Phi) is 3.67. The molecule has 120 valence electrons. The van der Waals surface area contributed by atoms with Crippen LogP contribution in [0.2, 0.25) is 5.02 Å². The molecular weight excluding hydrogens is 344 g/mol.